The number of nitrogens with zero attached hydrogens (tertiary/aromatic N) is 2. The fraction of sp³-hybridized carbons (Fsp3) is 0.529. The fourth-order valence-electron chi connectivity index (χ4n) is 2.76. The molecule has 21 heavy (non-hydrogen) atoms. The van der Waals surface area contributed by atoms with Crippen LogP contribution in [0, 0.1) is 17.2 Å². The molecule has 0 radical (unpaired) electrons. The summed E-state index contributed by atoms with van der Waals surface area (Å²) in [7, 11) is 0. The molecule has 4 heteroatoms. The van der Waals surface area contributed by atoms with Crippen molar-refractivity contribution in [1.82, 2.24) is 10.2 Å². The van der Waals surface area contributed by atoms with Crippen molar-refractivity contribution in [1.29, 1.82) is 5.26 Å². The topological polar surface area (TPSA) is 56.1 Å². The first kappa shape index (κ1) is 15.5. The maximum absolute atomic E-state index is 12.2. The van der Waals surface area contributed by atoms with Crippen molar-refractivity contribution in [2.75, 3.05) is 13.1 Å². The van der Waals surface area contributed by atoms with Gasteiger partial charge >= 0.3 is 0 Å². The molecule has 0 bridgehead atoms. The predicted octanol–water partition coefficient (Wildman–Crippen LogP) is 2.29. The minimum absolute atomic E-state index is 0.124. The highest BCUT2D eigenvalue weighted by Crippen LogP contribution is 2.19. The second-order valence-corrected chi connectivity index (χ2v) is 5.93. The number of nitrogens with one attached hydrogen (secondary N) is 1. The van der Waals surface area contributed by atoms with Gasteiger partial charge in [0.1, 0.15) is 0 Å². The Balaban J connectivity index is 1.81. The van der Waals surface area contributed by atoms with E-state index in [0.29, 0.717) is 18.2 Å². The second-order valence-electron chi connectivity index (χ2n) is 5.93. The van der Waals surface area contributed by atoms with Gasteiger partial charge in [-0.1, -0.05) is 12.1 Å². The first-order chi connectivity index (χ1) is 10.1. The SMILES string of the molecule is CC(C)N1CCC(C(=O)NCc2cccc(C#N)c2)CC1. The molecule has 1 aromatic rings. The van der Waals surface area contributed by atoms with E-state index >= 15 is 0 Å². The molecule has 1 saturated heterocycles. The standard InChI is InChI=1S/C17H23N3O/c1-13(2)20-8-6-16(7-9-20)17(21)19-12-15-5-3-4-14(10-15)11-18/h3-5,10,13,16H,6-9,12H2,1-2H3,(H,19,21). The first-order valence-electron chi connectivity index (χ1n) is 7.61. The number of likely N-dealkylation sites (tertiary alicyclic amines) is 1. The number of piperidine rings is 1. The lowest BCUT2D eigenvalue weighted by atomic mass is 9.95. The zero-order chi connectivity index (χ0) is 15.2. The molecule has 1 heterocycles. The highest BCUT2D eigenvalue weighted by atomic mass is 16.1. The van der Waals surface area contributed by atoms with Crippen LogP contribution in [0.1, 0.15) is 37.8 Å². The molecule has 1 amide bonds. The Morgan fingerprint density at radius 1 is 1.43 bits per heavy atom. The molecule has 0 unspecified atom stereocenters. The molecule has 1 fully saturated rings. The Bertz CT molecular complexity index is 525. The van der Waals surface area contributed by atoms with Crippen molar-refractivity contribution >= 4 is 5.91 Å². The smallest absolute Gasteiger partial charge is 0.223 e. The molecule has 112 valence electrons. The minimum Gasteiger partial charge on any atom is -0.352 e. The van der Waals surface area contributed by atoms with Crippen LogP contribution < -0.4 is 5.32 Å². The van der Waals surface area contributed by atoms with Gasteiger partial charge in [-0.2, -0.15) is 5.26 Å². The van der Waals surface area contributed by atoms with Gasteiger partial charge in [0.05, 0.1) is 11.6 Å². The number of hydrogen-bond donors (Lipinski definition) is 1. The van der Waals surface area contributed by atoms with E-state index in [-0.39, 0.29) is 11.8 Å². The first-order valence-corrected chi connectivity index (χ1v) is 7.61. The Labute approximate surface area is 126 Å². The third-order valence-electron chi connectivity index (χ3n) is 4.15. The number of carbonyl (C=O) groups is 1. The summed E-state index contributed by atoms with van der Waals surface area (Å²) < 4.78 is 0. The van der Waals surface area contributed by atoms with Crippen LogP contribution >= 0.6 is 0 Å². The average Bonchev–Trinajstić information content (AvgIpc) is 2.53. The molecule has 0 aliphatic carbocycles. The van der Waals surface area contributed by atoms with Gasteiger partial charge in [0.15, 0.2) is 0 Å². The summed E-state index contributed by atoms with van der Waals surface area (Å²) in [5, 5.41) is 11.9. The maximum atomic E-state index is 12.2. The molecule has 0 aromatic heterocycles. The van der Waals surface area contributed by atoms with Gasteiger partial charge in [-0.3, -0.25) is 4.79 Å². The van der Waals surface area contributed by atoms with Crippen molar-refractivity contribution in [2.45, 2.75) is 39.3 Å². The lowest BCUT2D eigenvalue weighted by Crippen LogP contribution is -2.42. The van der Waals surface area contributed by atoms with E-state index in [2.05, 4.69) is 30.1 Å². The number of amides is 1. The zero-order valence-corrected chi connectivity index (χ0v) is 12.8. The van der Waals surface area contributed by atoms with Gasteiger partial charge in [0.25, 0.3) is 0 Å². The second kappa shape index (κ2) is 7.24. The molecular weight excluding hydrogens is 262 g/mol. The van der Waals surface area contributed by atoms with Gasteiger partial charge in [-0.25, -0.2) is 0 Å². The third-order valence-corrected chi connectivity index (χ3v) is 4.15. The molecule has 1 aliphatic heterocycles. The largest absolute Gasteiger partial charge is 0.352 e. The van der Waals surface area contributed by atoms with E-state index < -0.39 is 0 Å². The molecule has 1 aromatic carbocycles. The Hall–Kier alpha value is -1.86. The number of benzene rings is 1. The van der Waals surface area contributed by atoms with Crippen LogP contribution in [0.4, 0.5) is 0 Å². The maximum Gasteiger partial charge on any atom is 0.223 e. The Kier molecular flexibility index (Phi) is 5.35. The monoisotopic (exact) mass is 285 g/mol. The van der Waals surface area contributed by atoms with Crippen LogP contribution in [0.25, 0.3) is 0 Å². The van der Waals surface area contributed by atoms with Crippen LogP contribution in [0.5, 0.6) is 0 Å². The molecule has 0 atom stereocenters. The van der Waals surface area contributed by atoms with Gasteiger partial charge in [-0.05, 0) is 57.5 Å². The summed E-state index contributed by atoms with van der Waals surface area (Å²) >= 11 is 0. The molecule has 1 aliphatic rings. The Morgan fingerprint density at radius 3 is 2.76 bits per heavy atom. The summed E-state index contributed by atoms with van der Waals surface area (Å²) in [5.74, 6) is 0.264. The highest BCUT2D eigenvalue weighted by Gasteiger charge is 2.25. The summed E-state index contributed by atoms with van der Waals surface area (Å²) in [5.41, 5.74) is 1.61. The fourth-order valence-corrected chi connectivity index (χ4v) is 2.76. The van der Waals surface area contributed by atoms with Crippen LogP contribution in [0.2, 0.25) is 0 Å². The molecule has 1 N–H and O–H groups in total. The Morgan fingerprint density at radius 2 is 2.14 bits per heavy atom. The van der Waals surface area contributed by atoms with Crippen LogP contribution in [-0.4, -0.2) is 29.9 Å². The summed E-state index contributed by atoms with van der Waals surface area (Å²) in [6.45, 7) is 6.89. The summed E-state index contributed by atoms with van der Waals surface area (Å²) in [6, 6.07) is 10.0. The predicted molar refractivity (Wildman–Crippen MR) is 82.4 cm³/mol. The zero-order valence-electron chi connectivity index (χ0n) is 12.8. The third kappa shape index (κ3) is 4.30. The van der Waals surface area contributed by atoms with Gasteiger partial charge in [0.2, 0.25) is 5.91 Å². The minimum atomic E-state index is 0.124. The quantitative estimate of drug-likeness (QED) is 0.923. The molecule has 4 nitrogen and oxygen atoms in total. The normalized spacial score (nSPS) is 16.7. The number of carbonyl (C=O) groups excluding carboxylic acids is 1. The van der Waals surface area contributed by atoms with E-state index in [9.17, 15) is 4.79 Å². The van der Waals surface area contributed by atoms with Crippen LogP contribution in [0.15, 0.2) is 24.3 Å². The number of nitriles is 1. The van der Waals surface area contributed by atoms with E-state index in [0.717, 1.165) is 31.5 Å². The van der Waals surface area contributed by atoms with Crippen molar-refractivity contribution < 1.29 is 4.79 Å². The van der Waals surface area contributed by atoms with E-state index in [1.54, 1.807) is 6.07 Å². The van der Waals surface area contributed by atoms with Gasteiger partial charge in [0, 0.05) is 18.5 Å². The molecule has 0 spiro atoms. The summed E-state index contributed by atoms with van der Waals surface area (Å²) in [4.78, 5) is 14.6. The van der Waals surface area contributed by atoms with E-state index in [4.69, 9.17) is 5.26 Å². The van der Waals surface area contributed by atoms with E-state index in [1.807, 2.05) is 18.2 Å². The van der Waals surface area contributed by atoms with Crippen molar-refractivity contribution in [3.05, 3.63) is 35.4 Å². The highest BCUT2D eigenvalue weighted by molar-refractivity contribution is 5.78. The molecular formula is C17H23N3O. The summed E-state index contributed by atoms with van der Waals surface area (Å²) in [6.07, 6.45) is 1.87. The van der Waals surface area contributed by atoms with Crippen molar-refractivity contribution in [3.63, 3.8) is 0 Å². The lowest BCUT2D eigenvalue weighted by Gasteiger charge is -2.33. The number of hydrogen-bond acceptors (Lipinski definition) is 3. The van der Waals surface area contributed by atoms with Crippen molar-refractivity contribution in [2.24, 2.45) is 5.92 Å². The van der Waals surface area contributed by atoms with Crippen LogP contribution in [0.3, 0.4) is 0 Å². The van der Waals surface area contributed by atoms with Crippen molar-refractivity contribution in [3.8, 4) is 6.07 Å². The molecule has 2 rings (SSSR count). The van der Waals surface area contributed by atoms with Gasteiger partial charge < -0.3 is 10.2 Å². The van der Waals surface area contributed by atoms with E-state index in [1.165, 1.54) is 0 Å². The average molecular weight is 285 g/mol. The lowest BCUT2D eigenvalue weighted by molar-refractivity contribution is -0.126. The molecule has 0 saturated carbocycles. The van der Waals surface area contributed by atoms with Gasteiger partial charge in [-0.15, -0.1) is 0 Å². The number of rotatable bonds is 4. The van der Waals surface area contributed by atoms with Crippen LogP contribution in [-0.2, 0) is 11.3 Å².